The van der Waals surface area contributed by atoms with E-state index in [0.29, 0.717) is 0 Å². The van der Waals surface area contributed by atoms with Crippen LogP contribution in [0.5, 0.6) is 0 Å². The maximum absolute atomic E-state index is 11.1. The van der Waals surface area contributed by atoms with Crippen LogP contribution in [0.1, 0.15) is 5.56 Å². The van der Waals surface area contributed by atoms with Crippen LogP contribution in [0.4, 0.5) is 0 Å². The number of nitrogens with one attached hydrogen (secondary N) is 1. The summed E-state index contributed by atoms with van der Waals surface area (Å²) in [7, 11) is 0. The molecule has 0 unspecified atom stereocenters. The topological polar surface area (TPSA) is 37.8 Å². The number of hydrogen-bond acceptors (Lipinski definition) is 1. The lowest BCUT2D eigenvalue weighted by atomic mass is 10.3. The van der Waals surface area contributed by atoms with Crippen molar-refractivity contribution in [3.63, 3.8) is 0 Å². The third-order valence-corrected chi connectivity index (χ3v) is 1.94. The Balaban J connectivity index is 2.54. The molecule has 3 nitrogen and oxygen atoms in total. The van der Waals surface area contributed by atoms with Crippen molar-refractivity contribution in [1.82, 2.24) is 9.78 Å². The van der Waals surface area contributed by atoms with E-state index in [1.807, 2.05) is 30.3 Å². The van der Waals surface area contributed by atoms with Gasteiger partial charge >= 0.3 is 0 Å². The summed E-state index contributed by atoms with van der Waals surface area (Å²) in [4.78, 5) is 11.1. The molecule has 2 aromatic rings. The molecule has 0 atom stereocenters. The van der Waals surface area contributed by atoms with E-state index in [-0.39, 0.29) is 5.56 Å². The highest BCUT2D eigenvalue weighted by molar-refractivity contribution is 5.30. The molecule has 1 aromatic carbocycles. The number of aryl methyl sites for hydroxylation is 1. The van der Waals surface area contributed by atoms with E-state index < -0.39 is 0 Å². The molecular formula is C10H10N2O. The summed E-state index contributed by atoms with van der Waals surface area (Å²) in [6.45, 7) is 1.79. The first-order valence-corrected chi connectivity index (χ1v) is 4.11. The molecule has 3 heteroatoms. The lowest BCUT2D eigenvalue weighted by Crippen LogP contribution is -2.04. The van der Waals surface area contributed by atoms with E-state index in [4.69, 9.17) is 0 Å². The third kappa shape index (κ3) is 1.40. The van der Waals surface area contributed by atoms with E-state index in [9.17, 15) is 4.79 Å². The van der Waals surface area contributed by atoms with Crippen molar-refractivity contribution in [3.05, 3.63) is 52.4 Å². The Hall–Kier alpha value is -1.77. The molecule has 13 heavy (non-hydrogen) atoms. The standard InChI is InChI=1S/C10H10N2O/c1-8-7-12(11-10(8)13)9-5-3-2-4-6-9/h2-7H,1H3,(H,11,13). The van der Waals surface area contributed by atoms with Gasteiger partial charge in [0.2, 0.25) is 0 Å². The van der Waals surface area contributed by atoms with Crippen LogP contribution < -0.4 is 5.56 Å². The molecule has 1 aromatic heterocycles. The molecule has 2 rings (SSSR count). The predicted octanol–water partition coefficient (Wildman–Crippen LogP) is 1.47. The van der Waals surface area contributed by atoms with Crippen LogP contribution in [0.3, 0.4) is 0 Å². The summed E-state index contributed by atoms with van der Waals surface area (Å²) in [5.41, 5.74) is 1.65. The average molecular weight is 174 g/mol. The fourth-order valence-corrected chi connectivity index (χ4v) is 1.21. The second kappa shape index (κ2) is 2.94. The summed E-state index contributed by atoms with van der Waals surface area (Å²) >= 11 is 0. The van der Waals surface area contributed by atoms with Gasteiger partial charge in [-0.25, -0.2) is 0 Å². The van der Waals surface area contributed by atoms with E-state index >= 15 is 0 Å². The van der Waals surface area contributed by atoms with Crippen molar-refractivity contribution in [2.45, 2.75) is 6.92 Å². The van der Waals surface area contributed by atoms with Gasteiger partial charge in [0.05, 0.1) is 5.69 Å². The molecule has 0 bridgehead atoms. The summed E-state index contributed by atoms with van der Waals surface area (Å²) in [5.74, 6) is 0. The second-order valence-corrected chi connectivity index (χ2v) is 2.96. The van der Waals surface area contributed by atoms with Gasteiger partial charge in [-0.05, 0) is 19.1 Å². The summed E-state index contributed by atoms with van der Waals surface area (Å²) in [5, 5.41) is 2.72. The zero-order chi connectivity index (χ0) is 9.26. The lowest BCUT2D eigenvalue weighted by Gasteiger charge is -1.99. The van der Waals surface area contributed by atoms with Gasteiger partial charge in [0.1, 0.15) is 0 Å². The van der Waals surface area contributed by atoms with Crippen LogP contribution in [0.25, 0.3) is 5.69 Å². The molecule has 0 fully saturated rings. The van der Waals surface area contributed by atoms with E-state index in [0.717, 1.165) is 11.3 Å². The van der Waals surface area contributed by atoms with Crippen LogP contribution in [-0.2, 0) is 0 Å². The summed E-state index contributed by atoms with van der Waals surface area (Å²) < 4.78 is 1.72. The number of nitrogens with zero attached hydrogens (tertiary/aromatic N) is 1. The summed E-state index contributed by atoms with van der Waals surface area (Å²) in [6.07, 6.45) is 1.79. The van der Waals surface area contributed by atoms with Crippen molar-refractivity contribution >= 4 is 0 Å². The molecular weight excluding hydrogens is 164 g/mol. The molecule has 0 radical (unpaired) electrons. The lowest BCUT2D eigenvalue weighted by molar-refractivity contribution is 0.864. The van der Waals surface area contributed by atoms with Crippen LogP contribution in [0.2, 0.25) is 0 Å². The molecule has 0 saturated heterocycles. The number of H-pyrrole nitrogens is 1. The molecule has 0 aliphatic heterocycles. The number of rotatable bonds is 1. The van der Waals surface area contributed by atoms with Crippen LogP contribution in [0, 0.1) is 6.92 Å². The summed E-state index contributed by atoms with van der Waals surface area (Å²) in [6, 6.07) is 9.69. The second-order valence-electron chi connectivity index (χ2n) is 2.96. The highest BCUT2D eigenvalue weighted by Crippen LogP contribution is 2.03. The first-order chi connectivity index (χ1) is 6.27. The van der Waals surface area contributed by atoms with Gasteiger partial charge in [-0.2, -0.15) is 0 Å². The maximum atomic E-state index is 11.1. The molecule has 0 amide bonds. The van der Waals surface area contributed by atoms with Crippen molar-refractivity contribution < 1.29 is 0 Å². The molecule has 0 spiro atoms. The molecule has 0 saturated carbocycles. The Labute approximate surface area is 75.6 Å². The van der Waals surface area contributed by atoms with Crippen molar-refractivity contribution in [1.29, 1.82) is 0 Å². The fourth-order valence-electron chi connectivity index (χ4n) is 1.21. The Morgan fingerprint density at radius 2 is 1.92 bits per heavy atom. The first-order valence-electron chi connectivity index (χ1n) is 4.11. The Morgan fingerprint density at radius 3 is 2.46 bits per heavy atom. The minimum atomic E-state index is -0.0381. The molecule has 0 aliphatic rings. The Kier molecular flexibility index (Phi) is 1.77. The van der Waals surface area contributed by atoms with Crippen LogP contribution in [0.15, 0.2) is 41.3 Å². The number of hydrogen-bond donors (Lipinski definition) is 1. The van der Waals surface area contributed by atoms with Gasteiger partial charge in [0.25, 0.3) is 5.56 Å². The van der Waals surface area contributed by atoms with Gasteiger partial charge in [-0.1, -0.05) is 18.2 Å². The number of aromatic amines is 1. The zero-order valence-corrected chi connectivity index (χ0v) is 7.32. The average Bonchev–Trinajstić information content (AvgIpc) is 2.49. The van der Waals surface area contributed by atoms with E-state index in [1.165, 1.54) is 0 Å². The molecule has 66 valence electrons. The van der Waals surface area contributed by atoms with Crippen LogP contribution in [-0.4, -0.2) is 9.78 Å². The third-order valence-electron chi connectivity index (χ3n) is 1.94. The SMILES string of the molecule is Cc1cn(-c2ccccc2)[nH]c1=O. The van der Waals surface area contributed by atoms with E-state index in [2.05, 4.69) is 5.10 Å². The van der Waals surface area contributed by atoms with Crippen molar-refractivity contribution in [3.8, 4) is 5.69 Å². The van der Waals surface area contributed by atoms with Gasteiger partial charge < -0.3 is 0 Å². The van der Waals surface area contributed by atoms with Gasteiger partial charge in [0.15, 0.2) is 0 Å². The maximum Gasteiger partial charge on any atom is 0.267 e. The Morgan fingerprint density at radius 1 is 1.23 bits per heavy atom. The predicted molar refractivity (Wildman–Crippen MR) is 51.1 cm³/mol. The first kappa shape index (κ1) is 7.86. The minimum Gasteiger partial charge on any atom is -0.268 e. The number of aromatic nitrogens is 2. The van der Waals surface area contributed by atoms with Crippen molar-refractivity contribution in [2.75, 3.05) is 0 Å². The zero-order valence-electron chi connectivity index (χ0n) is 7.32. The van der Waals surface area contributed by atoms with Gasteiger partial charge in [-0.15, -0.1) is 0 Å². The molecule has 1 N–H and O–H groups in total. The van der Waals surface area contributed by atoms with E-state index in [1.54, 1.807) is 17.8 Å². The highest BCUT2D eigenvalue weighted by atomic mass is 16.1. The van der Waals surface area contributed by atoms with Crippen molar-refractivity contribution in [2.24, 2.45) is 0 Å². The normalized spacial score (nSPS) is 10.2. The highest BCUT2D eigenvalue weighted by Gasteiger charge is 1.98. The molecule has 0 aliphatic carbocycles. The van der Waals surface area contributed by atoms with Gasteiger partial charge in [-0.3, -0.25) is 14.6 Å². The van der Waals surface area contributed by atoms with Crippen LogP contribution >= 0.6 is 0 Å². The number of para-hydroxylation sites is 1. The monoisotopic (exact) mass is 174 g/mol. The quantitative estimate of drug-likeness (QED) is 0.698. The minimum absolute atomic E-state index is 0.0381. The largest absolute Gasteiger partial charge is 0.268 e. The number of benzene rings is 1. The molecule has 1 heterocycles. The smallest absolute Gasteiger partial charge is 0.267 e. The fraction of sp³-hybridized carbons (Fsp3) is 0.100. The van der Waals surface area contributed by atoms with Gasteiger partial charge in [0, 0.05) is 11.8 Å². The Bertz CT molecular complexity index is 453.